The summed E-state index contributed by atoms with van der Waals surface area (Å²) in [6.45, 7) is 1.14. The van der Waals surface area contributed by atoms with E-state index in [1.54, 1.807) is 4.90 Å². The molecule has 0 aromatic carbocycles. The van der Waals surface area contributed by atoms with Gasteiger partial charge >= 0.3 is 6.18 Å². The van der Waals surface area contributed by atoms with Crippen LogP contribution in [-0.4, -0.2) is 24.1 Å². The van der Waals surface area contributed by atoms with Gasteiger partial charge in [-0.15, -0.1) is 0 Å². The van der Waals surface area contributed by atoms with E-state index < -0.39 is 11.9 Å². The summed E-state index contributed by atoms with van der Waals surface area (Å²) in [5.74, 6) is 0.273. The van der Waals surface area contributed by atoms with Crippen molar-refractivity contribution in [3.8, 4) is 0 Å². The number of hydrogen-bond acceptors (Lipinski definition) is 3. The first-order valence-electron chi connectivity index (χ1n) is 5.12. The van der Waals surface area contributed by atoms with E-state index in [4.69, 9.17) is 17.3 Å². The molecule has 0 bridgehead atoms. The third-order valence-electron chi connectivity index (χ3n) is 2.65. The second-order valence-electron chi connectivity index (χ2n) is 3.99. The molecule has 1 atom stereocenters. The van der Waals surface area contributed by atoms with Crippen LogP contribution in [0.15, 0.2) is 12.1 Å². The number of pyridine rings is 1. The summed E-state index contributed by atoms with van der Waals surface area (Å²) in [5, 5.41) is -0.384. The van der Waals surface area contributed by atoms with Crippen molar-refractivity contribution in [2.45, 2.75) is 18.6 Å². The van der Waals surface area contributed by atoms with Gasteiger partial charge in [-0.25, -0.2) is 4.98 Å². The summed E-state index contributed by atoms with van der Waals surface area (Å²) < 4.78 is 37.8. The van der Waals surface area contributed by atoms with E-state index in [-0.39, 0.29) is 16.9 Å². The zero-order valence-corrected chi connectivity index (χ0v) is 9.59. The van der Waals surface area contributed by atoms with Gasteiger partial charge in [0.25, 0.3) is 0 Å². The summed E-state index contributed by atoms with van der Waals surface area (Å²) in [5.41, 5.74) is 4.65. The van der Waals surface area contributed by atoms with Crippen LogP contribution in [0.2, 0.25) is 5.02 Å². The molecule has 1 aliphatic rings. The van der Waals surface area contributed by atoms with Crippen molar-refractivity contribution in [2.75, 3.05) is 18.0 Å². The van der Waals surface area contributed by atoms with E-state index in [0.29, 0.717) is 13.1 Å². The minimum atomic E-state index is -4.53. The fourth-order valence-corrected chi connectivity index (χ4v) is 2.01. The van der Waals surface area contributed by atoms with Gasteiger partial charge in [-0.3, -0.25) is 0 Å². The maximum Gasteiger partial charge on any atom is 0.434 e. The molecule has 1 fully saturated rings. The molecule has 1 unspecified atom stereocenters. The number of hydrogen-bond donors (Lipinski definition) is 1. The van der Waals surface area contributed by atoms with Crippen LogP contribution in [0.4, 0.5) is 19.0 Å². The van der Waals surface area contributed by atoms with Gasteiger partial charge in [0.05, 0.1) is 5.02 Å². The standard InChI is InChI=1S/C10H11ClF3N3/c11-7-1-2-8(16-9(7)10(12,13)14)17-4-3-6(15)5-17/h1-2,6H,3-5,15H2. The van der Waals surface area contributed by atoms with Crippen LogP contribution < -0.4 is 10.6 Å². The van der Waals surface area contributed by atoms with Gasteiger partial charge in [0, 0.05) is 19.1 Å². The molecule has 0 saturated carbocycles. The van der Waals surface area contributed by atoms with E-state index in [0.717, 1.165) is 6.42 Å². The zero-order valence-electron chi connectivity index (χ0n) is 8.84. The van der Waals surface area contributed by atoms with Crippen LogP contribution in [0, 0.1) is 0 Å². The largest absolute Gasteiger partial charge is 0.434 e. The van der Waals surface area contributed by atoms with E-state index >= 15 is 0 Å². The molecule has 2 rings (SSSR count). The number of nitrogens with two attached hydrogens (primary N) is 1. The summed E-state index contributed by atoms with van der Waals surface area (Å²) in [6.07, 6.45) is -3.78. The van der Waals surface area contributed by atoms with Gasteiger partial charge in [0.1, 0.15) is 5.82 Å². The monoisotopic (exact) mass is 265 g/mol. The predicted octanol–water partition coefficient (Wildman–Crippen LogP) is 2.29. The quantitative estimate of drug-likeness (QED) is 0.847. The van der Waals surface area contributed by atoms with Crippen LogP contribution in [0.1, 0.15) is 12.1 Å². The second-order valence-corrected chi connectivity index (χ2v) is 4.40. The molecular weight excluding hydrogens is 255 g/mol. The SMILES string of the molecule is NC1CCN(c2ccc(Cl)c(C(F)(F)F)n2)C1. The van der Waals surface area contributed by atoms with Crippen molar-refractivity contribution < 1.29 is 13.2 Å². The lowest BCUT2D eigenvalue weighted by Crippen LogP contribution is -2.27. The molecule has 7 heteroatoms. The maximum absolute atomic E-state index is 12.6. The Balaban J connectivity index is 2.31. The number of anilines is 1. The van der Waals surface area contributed by atoms with Crippen molar-refractivity contribution in [3.63, 3.8) is 0 Å². The van der Waals surface area contributed by atoms with Crippen LogP contribution >= 0.6 is 11.6 Å². The van der Waals surface area contributed by atoms with E-state index in [9.17, 15) is 13.2 Å². The molecule has 1 aromatic rings. The average molecular weight is 266 g/mol. The molecule has 2 heterocycles. The van der Waals surface area contributed by atoms with Crippen molar-refractivity contribution in [1.29, 1.82) is 0 Å². The molecule has 0 amide bonds. The molecular formula is C10H11ClF3N3. The summed E-state index contributed by atoms with van der Waals surface area (Å²) in [4.78, 5) is 5.31. The molecule has 2 N–H and O–H groups in total. The Hall–Kier alpha value is -1.01. The van der Waals surface area contributed by atoms with Gasteiger partial charge < -0.3 is 10.6 Å². The second kappa shape index (κ2) is 4.34. The van der Waals surface area contributed by atoms with Gasteiger partial charge in [-0.2, -0.15) is 13.2 Å². The minimum Gasteiger partial charge on any atom is -0.355 e. The van der Waals surface area contributed by atoms with Gasteiger partial charge in [0.15, 0.2) is 5.69 Å². The predicted molar refractivity (Wildman–Crippen MR) is 59.1 cm³/mol. The topological polar surface area (TPSA) is 42.1 Å². The third kappa shape index (κ3) is 2.63. The van der Waals surface area contributed by atoms with Gasteiger partial charge in [-0.1, -0.05) is 11.6 Å². The van der Waals surface area contributed by atoms with E-state index in [2.05, 4.69) is 4.98 Å². The highest BCUT2D eigenvalue weighted by molar-refractivity contribution is 6.31. The van der Waals surface area contributed by atoms with Crippen molar-refractivity contribution in [1.82, 2.24) is 4.98 Å². The average Bonchev–Trinajstić information content (AvgIpc) is 2.64. The lowest BCUT2D eigenvalue weighted by atomic mass is 10.3. The Bertz CT molecular complexity index is 422. The number of halogens is 4. The zero-order chi connectivity index (χ0) is 12.6. The van der Waals surface area contributed by atoms with Crippen molar-refractivity contribution in [3.05, 3.63) is 22.8 Å². The Kier molecular flexibility index (Phi) is 3.18. The fraction of sp³-hybridized carbons (Fsp3) is 0.500. The number of alkyl halides is 3. The highest BCUT2D eigenvalue weighted by Crippen LogP contribution is 2.34. The smallest absolute Gasteiger partial charge is 0.355 e. The van der Waals surface area contributed by atoms with Crippen LogP contribution in [-0.2, 0) is 6.18 Å². The molecule has 1 aromatic heterocycles. The Labute approximate surface area is 101 Å². The lowest BCUT2D eigenvalue weighted by Gasteiger charge is -2.18. The molecule has 1 saturated heterocycles. The molecule has 1 aliphatic heterocycles. The first-order valence-corrected chi connectivity index (χ1v) is 5.50. The van der Waals surface area contributed by atoms with E-state index in [1.807, 2.05) is 0 Å². The minimum absolute atomic E-state index is 0.0122. The third-order valence-corrected chi connectivity index (χ3v) is 2.95. The van der Waals surface area contributed by atoms with Gasteiger partial charge in [0.2, 0.25) is 0 Å². The summed E-state index contributed by atoms with van der Waals surface area (Å²) in [7, 11) is 0. The molecule has 0 spiro atoms. The van der Waals surface area contributed by atoms with Crippen LogP contribution in [0.25, 0.3) is 0 Å². The fourth-order valence-electron chi connectivity index (χ4n) is 1.80. The summed E-state index contributed by atoms with van der Waals surface area (Å²) >= 11 is 5.49. The molecule has 94 valence electrons. The maximum atomic E-state index is 12.6. The number of rotatable bonds is 1. The first-order chi connectivity index (χ1) is 7.88. The molecule has 0 aliphatic carbocycles. The van der Waals surface area contributed by atoms with Crippen molar-refractivity contribution >= 4 is 17.4 Å². The van der Waals surface area contributed by atoms with Crippen molar-refractivity contribution in [2.24, 2.45) is 5.73 Å². The highest BCUT2D eigenvalue weighted by atomic mass is 35.5. The highest BCUT2D eigenvalue weighted by Gasteiger charge is 2.36. The van der Waals surface area contributed by atoms with Crippen LogP contribution in [0.3, 0.4) is 0 Å². The Morgan fingerprint density at radius 1 is 1.41 bits per heavy atom. The van der Waals surface area contributed by atoms with E-state index in [1.165, 1.54) is 12.1 Å². The molecule has 17 heavy (non-hydrogen) atoms. The normalized spacial score (nSPS) is 21.0. The Morgan fingerprint density at radius 2 is 2.12 bits per heavy atom. The Morgan fingerprint density at radius 3 is 2.65 bits per heavy atom. The van der Waals surface area contributed by atoms with Crippen LogP contribution in [0.5, 0.6) is 0 Å². The van der Waals surface area contributed by atoms with Gasteiger partial charge in [-0.05, 0) is 18.6 Å². The summed E-state index contributed by atoms with van der Waals surface area (Å²) in [6, 6.07) is 2.69. The molecule has 3 nitrogen and oxygen atoms in total. The number of aromatic nitrogens is 1. The lowest BCUT2D eigenvalue weighted by molar-refractivity contribution is -0.141. The number of nitrogens with zero attached hydrogens (tertiary/aromatic N) is 2. The molecule has 0 radical (unpaired) electrons. The first kappa shape index (κ1) is 12.4.